The molecular formula is C21H20N4O4S. The van der Waals surface area contributed by atoms with Crippen molar-refractivity contribution < 1.29 is 19.1 Å². The van der Waals surface area contributed by atoms with Gasteiger partial charge in [-0.05, 0) is 31.2 Å². The first kappa shape index (κ1) is 21.1. The first-order chi connectivity index (χ1) is 14.3. The highest BCUT2D eigenvalue weighted by Gasteiger charge is 2.31. The summed E-state index contributed by atoms with van der Waals surface area (Å²) in [4.78, 5) is 41.4. The fourth-order valence-electron chi connectivity index (χ4n) is 3.12. The van der Waals surface area contributed by atoms with Crippen LogP contribution in [0.15, 0.2) is 47.8 Å². The van der Waals surface area contributed by atoms with E-state index in [0.717, 1.165) is 16.3 Å². The molecule has 2 heterocycles. The number of nitrogens with zero attached hydrogens (tertiary/aromatic N) is 3. The molecular weight excluding hydrogens is 404 g/mol. The first-order valence-electron chi connectivity index (χ1n) is 9.07. The van der Waals surface area contributed by atoms with Gasteiger partial charge < -0.3 is 19.9 Å². The van der Waals surface area contributed by atoms with Gasteiger partial charge in [0.25, 0.3) is 5.91 Å². The quantitative estimate of drug-likeness (QED) is 0.431. The molecule has 1 amide bonds. The van der Waals surface area contributed by atoms with Crippen molar-refractivity contribution >= 4 is 40.4 Å². The maximum atomic E-state index is 12.6. The number of carbonyl (C=O) groups excluding carboxylic acids is 3. The zero-order valence-electron chi connectivity index (χ0n) is 16.8. The number of nitriles is 1. The predicted octanol–water partition coefficient (Wildman–Crippen LogP) is 2.22. The monoisotopic (exact) mass is 424 g/mol. The van der Waals surface area contributed by atoms with E-state index in [1.165, 1.54) is 11.3 Å². The summed E-state index contributed by atoms with van der Waals surface area (Å²) in [5.41, 5.74) is 1.61. The van der Waals surface area contributed by atoms with Gasteiger partial charge in [0.2, 0.25) is 5.78 Å². The zero-order valence-corrected chi connectivity index (χ0v) is 17.6. The van der Waals surface area contributed by atoms with Gasteiger partial charge in [0, 0.05) is 19.0 Å². The molecule has 1 aromatic heterocycles. The second kappa shape index (κ2) is 8.80. The molecule has 1 aliphatic rings. The SMILES string of the molecule is Cc1ccc(C(=O)NCC(=O)OCC(=O)C(C#N)=C2N(C)c3ccccc3N2C)s1. The lowest BCUT2D eigenvalue weighted by molar-refractivity contribution is -0.145. The van der Waals surface area contributed by atoms with E-state index in [-0.39, 0.29) is 18.0 Å². The summed E-state index contributed by atoms with van der Waals surface area (Å²) in [5, 5.41) is 12.0. The van der Waals surface area contributed by atoms with Gasteiger partial charge >= 0.3 is 5.97 Å². The van der Waals surface area contributed by atoms with Gasteiger partial charge in [-0.1, -0.05) is 12.1 Å². The number of para-hydroxylation sites is 2. The molecule has 154 valence electrons. The highest BCUT2D eigenvalue weighted by molar-refractivity contribution is 7.13. The molecule has 1 aromatic carbocycles. The largest absolute Gasteiger partial charge is 0.456 e. The van der Waals surface area contributed by atoms with Gasteiger partial charge in [0.05, 0.1) is 16.3 Å². The number of aryl methyl sites for hydroxylation is 1. The van der Waals surface area contributed by atoms with Crippen LogP contribution in [-0.4, -0.2) is 44.9 Å². The number of hydrogen-bond acceptors (Lipinski definition) is 8. The summed E-state index contributed by atoms with van der Waals surface area (Å²) < 4.78 is 4.96. The van der Waals surface area contributed by atoms with Crippen molar-refractivity contribution in [2.75, 3.05) is 37.0 Å². The summed E-state index contributed by atoms with van der Waals surface area (Å²) in [6.45, 7) is 0.921. The summed E-state index contributed by atoms with van der Waals surface area (Å²) in [6.07, 6.45) is 0. The molecule has 0 fully saturated rings. The van der Waals surface area contributed by atoms with Crippen molar-refractivity contribution in [2.45, 2.75) is 6.92 Å². The smallest absolute Gasteiger partial charge is 0.325 e. The van der Waals surface area contributed by atoms with Crippen molar-refractivity contribution in [3.63, 3.8) is 0 Å². The molecule has 2 aromatic rings. The molecule has 3 rings (SSSR count). The van der Waals surface area contributed by atoms with Crippen LogP contribution in [0, 0.1) is 18.3 Å². The Bertz CT molecular complexity index is 1050. The van der Waals surface area contributed by atoms with E-state index in [9.17, 15) is 19.6 Å². The van der Waals surface area contributed by atoms with Crippen molar-refractivity contribution in [3.05, 3.63) is 57.5 Å². The number of thiophene rings is 1. The van der Waals surface area contributed by atoms with Crippen molar-refractivity contribution in [1.82, 2.24) is 5.32 Å². The lowest BCUT2D eigenvalue weighted by Crippen LogP contribution is -2.32. The van der Waals surface area contributed by atoms with E-state index in [1.54, 1.807) is 30.0 Å². The zero-order chi connectivity index (χ0) is 21.8. The third-order valence-corrected chi connectivity index (χ3v) is 5.58. The van der Waals surface area contributed by atoms with Crippen LogP contribution in [0.3, 0.4) is 0 Å². The standard InChI is InChI=1S/C21H20N4O4S/c1-13-8-9-18(30-13)20(28)23-11-19(27)29-12-17(26)14(10-22)21-24(2)15-6-4-5-7-16(15)25(21)3/h4-9H,11-12H2,1-3H3,(H,23,28). The number of amides is 1. The molecule has 0 bridgehead atoms. The average Bonchev–Trinajstić information content (AvgIpc) is 3.28. The summed E-state index contributed by atoms with van der Waals surface area (Å²) in [6, 6.07) is 12.9. The Balaban J connectivity index is 1.61. The van der Waals surface area contributed by atoms with Crippen LogP contribution in [-0.2, 0) is 14.3 Å². The molecule has 30 heavy (non-hydrogen) atoms. The van der Waals surface area contributed by atoms with Gasteiger partial charge in [-0.2, -0.15) is 5.26 Å². The summed E-state index contributed by atoms with van der Waals surface area (Å²) >= 11 is 1.31. The number of nitrogens with one attached hydrogen (secondary N) is 1. The van der Waals surface area contributed by atoms with E-state index in [1.807, 2.05) is 43.3 Å². The number of ketones is 1. The highest BCUT2D eigenvalue weighted by Crippen LogP contribution is 2.40. The molecule has 0 saturated carbocycles. The minimum absolute atomic E-state index is 0.109. The maximum Gasteiger partial charge on any atom is 0.325 e. The number of carbonyl (C=O) groups is 3. The predicted molar refractivity (Wildman–Crippen MR) is 113 cm³/mol. The minimum atomic E-state index is -0.760. The number of hydrogen-bond donors (Lipinski definition) is 1. The normalized spacial score (nSPS) is 12.3. The Morgan fingerprint density at radius 1 is 1.10 bits per heavy atom. The Morgan fingerprint density at radius 2 is 1.73 bits per heavy atom. The second-order valence-corrected chi connectivity index (χ2v) is 7.88. The molecule has 0 saturated heterocycles. The second-order valence-electron chi connectivity index (χ2n) is 6.59. The van der Waals surface area contributed by atoms with Crippen molar-refractivity contribution in [3.8, 4) is 6.07 Å². The van der Waals surface area contributed by atoms with Gasteiger partial charge in [0.15, 0.2) is 6.61 Å². The van der Waals surface area contributed by atoms with Crippen molar-refractivity contribution in [2.24, 2.45) is 0 Å². The van der Waals surface area contributed by atoms with Gasteiger partial charge in [-0.25, -0.2) is 0 Å². The van der Waals surface area contributed by atoms with Gasteiger partial charge in [-0.15, -0.1) is 11.3 Å². The van der Waals surface area contributed by atoms with Crippen LogP contribution < -0.4 is 15.1 Å². The molecule has 1 aliphatic heterocycles. The lowest BCUT2D eigenvalue weighted by Gasteiger charge is -2.19. The number of rotatable bonds is 6. The Morgan fingerprint density at radius 3 is 2.27 bits per heavy atom. The van der Waals surface area contributed by atoms with Crippen LogP contribution in [0.25, 0.3) is 0 Å². The minimum Gasteiger partial charge on any atom is -0.456 e. The van der Waals surface area contributed by atoms with E-state index < -0.39 is 18.4 Å². The summed E-state index contributed by atoms with van der Waals surface area (Å²) in [5.74, 6) is -1.35. The van der Waals surface area contributed by atoms with Crippen LogP contribution in [0.2, 0.25) is 0 Å². The third kappa shape index (κ3) is 4.18. The molecule has 0 radical (unpaired) electrons. The molecule has 0 aliphatic carbocycles. The number of Topliss-reactive ketones (excluding diaryl/α,β-unsaturated/α-hetero) is 1. The number of esters is 1. The van der Waals surface area contributed by atoms with Crippen LogP contribution >= 0.6 is 11.3 Å². The molecule has 0 spiro atoms. The fraction of sp³-hybridized carbons (Fsp3) is 0.238. The molecule has 9 heteroatoms. The number of anilines is 2. The van der Waals surface area contributed by atoms with E-state index >= 15 is 0 Å². The molecule has 0 unspecified atom stereocenters. The topological polar surface area (TPSA) is 103 Å². The van der Waals surface area contributed by atoms with E-state index in [0.29, 0.717) is 10.7 Å². The molecule has 1 N–H and O–H groups in total. The fourth-order valence-corrected chi connectivity index (χ4v) is 3.91. The van der Waals surface area contributed by atoms with Gasteiger partial charge in [0.1, 0.15) is 24.0 Å². The average molecular weight is 424 g/mol. The number of ether oxygens (including phenoxy) is 1. The Kier molecular flexibility index (Phi) is 6.18. The third-order valence-electron chi connectivity index (χ3n) is 4.58. The van der Waals surface area contributed by atoms with E-state index in [4.69, 9.17) is 4.74 Å². The van der Waals surface area contributed by atoms with Crippen LogP contribution in [0.5, 0.6) is 0 Å². The van der Waals surface area contributed by atoms with E-state index in [2.05, 4.69) is 5.32 Å². The molecule has 8 nitrogen and oxygen atoms in total. The molecule has 0 atom stereocenters. The van der Waals surface area contributed by atoms with Gasteiger partial charge in [-0.3, -0.25) is 14.4 Å². The number of fused-ring (bicyclic) bond motifs is 1. The number of benzene rings is 1. The summed E-state index contributed by atoms with van der Waals surface area (Å²) in [7, 11) is 3.52. The Hall–Kier alpha value is -3.64. The first-order valence-corrected chi connectivity index (χ1v) is 9.89. The Labute approximate surface area is 178 Å². The highest BCUT2D eigenvalue weighted by atomic mass is 32.1. The lowest BCUT2D eigenvalue weighted by atomic mass is 10.2. The van der Waals surface area contributed by atoms with Crippen LogP contribution in [0.4, 0.5) is 11.4 Å². The van der Waals surface area contributed by atoms with Crippen molar-refractivity contribution in [1.29, 1.82) is 5.26 Å². The maximum absolute atomic E-state index is 12.6. The van der Waals surface area contributed by atoms with Crippen LogP contribution in [0.1, 0.15) is 14.5 Å².